The molecule has 0 aliphatic carbocycles. The highest BCUT2D eigenvalue weighted by Gasteiger charge is 2.11. The molecule has 1 amide bonds. The number of carbonyl (C=O) groups is 2. The number of rotatable bonds is 7. The summed E-state index contributed by atoms with van der Waals surface area (Å²) in [5.41, 5.74) is 0. The molecule has 1 unspecified atom stereocenters. The maximum atomic E-state index is 11.2. The molecule has 5 heteroatoms. The van der Waals surface area contributed by atoms with Gasteiger partial charge in [0.25, 0.3) is 0 Å². The second kappa shape index (κ2) is 8.10. The molecule has 0 rings (SSSR count). The van der Waals surface area contributed by atoms with E-state index in [0.29, 0.717) is 6.61 Å². The fraction of sp³-hybridized carbons (Fsp3) is 0.818. The summed E-state index contributed by atoms with van der Waals surface area (Å²) in [7, 11) is 0. The van der Waals surface area contributed by atoms with E-state index >= 15 is 0 Å². The van der Waals surface area contributed by atoms with Gasteiger partial charge in [0.1, 0.15) is 0 Å². The van der Waals surface area contributed by atoms with Crippen LogP contribution >= 0.6 is 0 Å². The van der Waals surface area contributed by atoms with Crippen LogP contribution in [-0.2, 0) is 14.3 Å². The third kappa shape index (κ3) is 7.23. The molecular weight excluding hydrogens is 210 g/mol. The number of esters is 1. The van der Waals surface area contributed by atoms with Crippen LogP contribution in [0.15, 0.2) is 0 Å². The molecular formula is C11H21NO4. The van der Waals surface area contributed by atoms with E-state index in [1.165, 1.54) is 0 Å². The minimum Gasteiger partial charge on any atom is -0.466 e. The van der Waals surface area contributed by atoms with Crippen molar-refractivity contribution in [2.75, 3.05) is 13.2 Å². The van der Waals surface area contributed by atoms with Crippen LogP contribution in [0.2, 0.25) is 0 Å². The lowest BCUT2D eigenvalue weighted by Gasteiger charge is -2.14. The molecule has 0 aliphatic rings. The van der Waals surface area contributed by atoms with Gasteiger partial charge in [0.2, 0.25) is 5.91 Å². The normalized spacial score (nSPS) is 12.3. The predicted molar refractivity (Wildman–Crippen MR) is 59.7 cm³/mol. The summed E-state index contributed by atoms with van der Waals surface area (Å²) >= 11 is 0. The van der Waals surface area contributed by atoms with Crippen molar-refractivity contribution < 1.29 is 19.4 Å². The smallest absolute Gasteiger partial charge is 0.306 e. The molecule has 0 saturated heterocycles. The summed E-state index contributed by atoms with van der Waals surface area (Å²) in [6.45, 7) is 6.01. The number of ether oxygens (including phenoxy) is 1. The van der Waals surface area contributed by atoms with Crippen LogP contribution in [0.4, 0.5) is 0 Å². The first-order valence-corrected chi connectivity index (χ1v) is 5.57. The van der Waals surface area contributed by atoms with Gasteiger partial charge < -0.3 is 15.2 Å². The topological polar surface area (TPSA) is 75.6 Å². The van der Waals surface area contributed by atoms with Gasteiger partial charge in [0, 0.05) is 13.0 Å². The van der Waals surface area contributed by atoms with Gasteiger partial charge >= 0.3 is 5.97 Å². The number of carbonyl (C=O) groups excluding carboxylic acids is 2. The van der Waals surface area contributed by atoms with Crippen molar-refractivity contribution in [2.24, 2.45) is 5.92 Å². The van der Waals surface area contributed by atoms with E-state index in [9.17, 15) is 14.7 Å². The van der Waals surface area contributed by atoms with Gasteiger partial charge in [-0.2, -0.15) is 0 Å². The van der Waals surface area contributed by atoms with Crippen LogP contribution in [-0.4, -0.2) is 36.2 Å². The highest BCUT2D eigenvalue weighted by molar-refractivity contribution is 5.81. The summed E-state index contributed by atoms with van der Waals surface area (Å²) in [6.07, 6.45) is -0.368. The average molecular weight is 231 g/mol. The number of nitrogens with one attached hydrogen (secondary N) is 1. The third-order valence-corrected chi connectivity index (χ3v) is 2.14. The molecule has 94 valence electrons. The van der Waals surface area contributed by atoms with E-state index in [4.69, 9.17) is 0 Å². The molecule has 0 spiro atoms. The Morgan fingerprint density at radius 2 is 1.94 bits per heavy atom. The highest BCUT2D eigenvalue weighted by atomic mass is 16.5. The van der Waals surface area contributed by atoms with Crippen LogP contribution in [0.5, 0.6) is 0 Å². The Morgan fingerprint density at radius 3 is 2.44 bits per heavy atom. The van der Waals surface area contributed by atoms with Gasteiger partial charge in [-0.05, 0) is 12.8 Å². The summed E-state index contributed by atoms with van der Waals surface area (Å²) in [5, 5.41) is 12.0. The van der Waals surface area contributed by atoms with E-state index in [2.05, 4.69) is 10.1 Å². The number of hydrogen-bond donors (Lipinski definition) is 2. The standard InChI is InChI=1S/C11H21NO4/c1-4-16-11(15)6-5-10(14)12-7-9(13)8(2)3/h8-9,13H,4-7H2,1-3H3,(H,12,14). The van der Waals surface area contributed by atoms with Crippen LogP contribution in [0, 0.1) is 5.92 Å². The highest BCUT2D eigenvalue weighted by Crippen LogP contribution is 1.99. The fourth-order valence-electron chi connectivity index (χ4n) is 0.991. The van der Waals surface area contributed by atoms with Crippen LogP contribution in [0.3, 0.4) is 0 Å². The Balaban J connectivity index is 3.63. The first-order chi connectivity index (χ1) is 7.47. The lowest BCUT2D eigenvalue weighted by Crippen LogP contribution is -2.34. The molecule has 0 heterocycles. The van der Waals surface area contributed by atoms with E-state index in [-0.39, 0.29) is 37.2 Å². The largest absolute Gasteiger partial charge is 0.466 e. The summed E-state index contributed by atoms with van der Waals surface area (Å²) in [5.74, 6) is -0.514. The molecule has 0 aromatic heterocycles. The van der Waals surface area contributed by atoms with Gasteiger partial charge in [-0.25, -0.2) is 0 Å². The molecule has 0 aromatic carbocycles. The van der Waals surface area contributed by atoms with E-state index in [0.717, 1.165) is 0 Å². The molecule has 0 fully saturated rings. The van der Waals surface area contributed by atoms with Gasteiger partial charge in [0.05, 0.1) is 19.1 Å². The van der Waals surface area contributed by atoms with Crippen molar-refractivity contribution in [1.82, 2.24) is 5.32 Å². The van der Waals surface area contributed by atoms with E-state index in [1.807, 2.05) is 13.8 Å². The van der Waals surface area contributed by atoms with Crippen molar-refractivity contribution in [3.8, 4) is 0 Å². The fourth-order valence-corrected chi connectivity index (χ4v) is 0.991. The zero-order valence-electron chi connectivity index (χ0n) is 10.2. The van der Waals surface area contributed by atoms with E-state index in [1.54, 1.807) is 6.92 Å². The van der Waals surface area contributed by atoms with Gasteiger partial charge in [-0.1, -0.05) is 13.8 Å². The molecule has 2 N–H and O–H groups in total. The lowest BCUT2D eigenvalue weighted by molar-refractivity contribution is -0.144. The van der Waals surface area contributed by atoms with Crippen molar-refractivity contribution in [2.45, 2.75) is 39.7 Å². The Labute approximate surface area is 96.2 Å². The Bertz CT molecular complexity index is 228. The van der Waals surface area contributed by atoms with Crippen LogP contribution < -0.4 is 5.32 Å². The molecule has 0 aliphatic heterocycles. The molecule has 0 saturated carbocycles. The quantitative estimate of drug-likeness (QED) is 0.624. The maximum absolute atomic E-state index is 11.2. The zero-order valence-corrected chi connectivity index (χ0v) is 10.2. The second-order valence-electron chi connectivity index (χ2n) is 3.92. The number of aliphatic hydroxyl groups is 1. The zero-order chi connectivity index (χ0) is 12.6. The minimum atomic E-state index is -0.549. The lowest BCUT2D eigenvalue weighted by atomic mass is 10.1. The third-order valence-electron chi connectivity index (χ3n) is 2.14. The molecule has 0 radical (unpaired) electrons. The first-order valence-electron chi connectivity index (χ1n) is 5.57. The van der Waals surface area contributed by atoms with Crippen molar-refractivity contribution >= 4 is 11.9 Å². The number of hydrogen-bond acceptors (Lipinski definition) is 4. The Morgan fingerprint density at radius 1 is 1.31 bits per heavy atom. The SMILES string of the molecule is CCOC(=O)CCC(=O)NCC(O)C(C)C. The molecule has 16 heavy (non-hydrogen) atoms. The summed E-state index contributed by atoms with van der Waals surface area (Å²) in [6, 6.07) is 0. The van der Waals surface area contributed by atoms with E-state index < -0.39 is 6.10 Å². The minimum absolute atomic E-state index is 0.0808. The van der Waals surface area contributed by atoms with Crippen LogP contribution in [0.1, 0.15) is 33.6 Å². The predicted octanol–water partition coefficient (Wildman–Crippen LogP) is 0.463. The summed E-state index contributed by atoms with van der Waals surface area (Å²) in [4.78, 5) is 22.2. The Hall–Kier alpha value is -1.10. The van der Waals surface area contributed by atoms with Crippen molar-refractivity contribution in [3.63, 3.8) is 0 Å². The Kier molecular flexibility index (Phi) is 7.54. The number of aliphatic hydroxyl groups excluding tert-OH is 1. The van der Waals surface area contributed by atoms with Gasteiger partial charge in [-0.3, -0.25) is 9.59 Å². The molecule has 5 nitrogen and oxygen atoms in total. The molecule has 0 bridgehead atoms. The first kappa shape index (κ1) is 14.9. The second-order valence-corrected chi connectivity index (χ2v) is 3.92. The molecule has 1 atom stereocenters. The van der Waals surface area contributed by atoms with Gasteiger partial charge in [0.15, 0.2) is 0 Å². The van der Waals surface area contributed by atoms with Crippen molar-refractivity contribution in [1.29, 1.82) is 0 Å². The summed E-state index contributed by atoms with van der Waals surface area (Å²) < 4.78 is 4.69. The van der Waals surface area contributed by atoms with Crippen molar-refractivity contribution in [3.05, 3.63) is 0 Å². The molecule has 0 aromatic rings. The van der Waals surface area contributed by atoms with Gasteiger partial charge in [-0.15, -0.1) is 0 Å². The monoisotopic (exact) mass is 231 g/mol. The maximum Gasteiger partial charge on any atom is 0.306 e. The average Bonchev–Trinajstić information content (AvgIpc) is 2.23. The van der Waals surface area contributed by atoms with Crippen LogP contribution in [0.25, 0.3) is 0 Å². The number of amides is 1.